The molecule has 0 fully saturated rings. The Balaban J connectivity index is 1.98. The molecule has 0 atom stereocenters. The van der Waals surface area contributed by atoms with Gasteiger partial charge in [-0.2, -0.15) is 0 Å². The van der Waals surface area contributed by atoms with Gasteiger partial charge in [-0.3, -0.25) is 4.79 Å². The van der Waals surface area contributed by atoms with E-state index in [1.54, 1.807) is 0 Å². The highest BCUT2D eigenvalue weighted by Gasteiger charge is 2.20. The second-order valence-electron chi connectivity index (χ2n) is 7.18. The summed E-state index contributed by atoms with van der Waals surface area (Å²) in [6.07, 6.45) is 0.347. The number of rotatable bonds is 6. The van der Waals surface area contributed by atoms with Crippen LogP contribution in [0.15, 0.2) is 78.9 Å². The number of esters is 1. The third-order valence-corrected chi connectivity index (χ3v) is 5.17. The van der Waals surface area contributed by atoms with E-state index < -0.39 is 0 Å². The van der Waals surface area contributed by atoms with E-state index in [4.69, 9.17) is 4.74 Å². The van der Waals surface area contributed by atoms with Crippen molar-refractivity contribution in [2.75, 3.05) is 6.61 Å². The molecule has 0 bridgehead atoms. The molecular formula is C26H25NO2. The van der Waals surface area contributed by atoms with Gasteiger partial charge in [-0.15, -0.1) is 0 Å². The Hall–Kier alpha value is -3.33. The molecule has 29 heavy (non-hydrogen) atoms. The third-order valence-electron chi connectivity index (χ3n) is 5.17. The summed E-state index contributed by atoms with van der Waals surface area (Å²) in [4.78, 5) is 12.1. The molecular weight excluding hydrogens is 358 g/mol. The van der Waals surface area contributed by atoms with Crippen LogP contribution in [-0.4, -0.2) is 17.1 Å². The summed E-state index contributed by atoms with van der Waals surface area (Å²) in [6.45, 7) is 4.95. The van der Waals surface area contributed by atoms with E-state index >= 15 is 0 Å². The number of carbonyl (C=O) groups excluding carboxylic acids is 1. The van der Waals surface area contributed by atoms with Gasteiger partial charge in [0.05, 0.1) is 18.7 Å². The molecule has 4 rings (SSSR count). The number of benzene rings is 3. The molecule has 0 spiro atoms. The van der Waals surface area contributed by atoms with Crippen molar-refractivity contribution >= 4 is 16.9 Å². The van der Waals surface area contributed by atoms with Crippen molar-refractivity contribution in [3.05, 3.63) is 84.4 Å². The minimum atomic E-state index is -0.165. The zero-order chi connectivity index (χ0) is 20.2. The highest BCUT2D eigenvalue weighted by atomic mass is 16.5. The van der Waals surface area contributed by atoms with Crippen molar-refractivity contribution in [2.24, 2.45) is 0 Å². The van der Waals surface area contributed by atoms with Crippen LogP contribution in [-0.2, 0) is 16.1 Å². The van der Waals surface area contributed by atoms with Gasteiger partial charge in [0.2, 0.25) is 0 Å². The monoisotopic (exact) mass is 383 g/mol. The van der Waals surface area contributed by atoms with Crippen LogP contribution in [0, 0.1) is 6.92 Å². The molecule has 3 aromatic carbocycles. The van der Waals surface area contributed by atoms with Crippen molar-refractivity contribution in [1.29, 1.82) is 0 Å². The average Bonchev–Trinajstić information content (AvgIpc) is 3.07. The van der Waals surface area contributed by atoms with E-state index in [-0.39, 0.29) is 5.97 Å². The van der Waals surface area contributed by atoms with E-state index in [1.165, 1.54) is 22.1 Å². The predicted octanol–water partition coefficient (Wildman–Crippen LogP) is 6.24. The highest BCUT2D eigenvalue weighted by molar-refractivity contribution is 6.04. The minimum Gasteiger partial charge on any atom is -0.466 e. The Labute approximate surface area is 171 Å². The molecule has 0 N–H and O–H groups in total. The molecule has 0 aliphatic rings. The van der Waals surface area contributed by atoms with Crippen LogP contribution in [0.1, 0.15) is 18.9 Å². The molecule has 1 aromatic heterocycles. The fraction of sp³-hybridized carbons (Fsp3) is 0.192. The summed E-state index contributed by atoms with van der Waals surface area (Å²) in [5.41, 5.74) is 7.02. The van der Waals surface area contributed by atoms with Crippen LogP contribution < -0.4 is 0 Å². The van der Waals surface area contributed by atoms with Gasteiger partial charge in [-0.1, -0.05) is 72.3 Å². The molecule has 0 unspecified atom stereocenters. The lowest BCUT2D eigenvalue weighted by Crippen LogP contribution is -2.09. The van der Waals surface area contributed by atoms with Gasteiger partial charge in [0.15, 0.2) is 0 Å². The van der Waals surface area contributed by atoms with Gasteiger partial charge < -0.3 is 9.30 Å². The Morgan fingerprint density at radius 1 is 0.897 bits per heavy atom. The van der Waals surface area contributed by atoms with Gasteiger partial charge in [0.1, 0.15) is 0 Å². The number of fused-ring (bicyclic) bond motifs is 1. The molecule has 3 heteroatoms. The zero-order valence-electron chi connectivity index (χ0n) is 16.9. The normalized spacial score (nSPS) is 11.0. The minimum absolute atomic E-state index is 0.165. The van der Waals surface area contributed by atoms with E-state index in [2.05, 4.69) is 78.2 Å². The van der Waals surface area contributed by atoms with Crippen LogP contribution in [0.25, 0.3) is 33.3 Å². The third kappa shape index (κ3) is 3.81. The van der Waals surface area contributed by atoms with Crippen LogP contribution in [0.4, 0.5) is 0 Å². The maximum Gasteiger partial charge on any atom is 0.307 e. The first kappa shape index (κ1) is 19.0. The molecule has 0 saturated heterocycles. The molecule has 0 amide bonds. The Kier molecular flexibility index (Phi) is 5.48. The van der Waals surface area contributed by atoms with Crippen molar-refractivity contribution in [2.45, 2.75) is 26.8 Å². The molecule has 0 aliphatic heterocycles. The number of hydrogen-bond acceptors (Lipinski definition) is 2. The van der Waals surface area contributed by atoms with Gasteiger partial charge >= 0.3 is 5.97 Å². The molecule has 0 aliphatic carbocycles. The highest BCUT2D eigenvalue weighted by Crippen LogP contribution is 2.41. The lowest BCUT2D eigenvalue weighted by atomic mass is 9.98. The van der Waals surface area contributed by atoms with Crippen molar-refractivity contribution < 1.29 is 9.53 Å². The number of aryl methyl sites for hydroxylation is 2. The lowest BCUT2D eigenvalue weighted by Gasteiger charge is -2.13. The van der Waals surface area contributed by atoms with Gasteiger partial charge in [-0.05, 0) is 37.1 Å². The van der Waals surface area contributed by atoms with Crippen molar-refractivity contribution in [3.63, 3.8) is 0 Å². The molecule has 4 aromatic rings. The number of ether oxygens (including phenoxy) is 1. The quantitative estimate of drug-likeness (QED) is 0.369. The van der Waals surface area contributed by atoms with Crippen molar-refractivity contribution in [3.8, 4) is 22.4 Å². The van der Waals surface area contributed by atoms with E-state index in [9.17, 15) is 4.79 Å². The maximum atomic E-state index is 12.1. The Morgan fingerprint density at radius 2 is 1.55 bits per heavy atom. The van der Waals surface area contributed by atoms with Crippen LogP contribution in [0.2, 0.25) is 0 Å². The Bertz CT molecular complexity index is 1130. The SMILES string of the molecule is CCOC(=O)CCn1c(-c2ccccc2)c(-c2ccccc2)c2cc(C)ccc21. The fourth-order valence-electron chi connectivity index (χ4n) is 3.93. The number of nitrogens with zero attached hydrogens (tertiary/aromatic N) is 1. The predicted molar refractivity (Wildman–Crippen MR) is 119 cm³/mol. The van der Waals surface area contributed by atoms with Crippen molar-refractivity contribution in [1.82, 2.24) is 4.57 Å². The molecule has 146 valence electrons. The number of carbonyl (C=O) groups is 1. The first-order chi connectivity index (χ1) is 14.2. The van der Waals surface area contributed by atoms with Crippen LogP contribution >= 0.6 is 0 Å². The molecule has 0 radical (unpaired) electrons. The summed E-state index contributed by atoms with van der Waals surface area (Å²) < 4.78 is 7.45. The number of hydrogen-bond donors (Lipinski definition) is 0. The second-order valence-corrected chi connectivity index (χ2v) is 7.18. The summed E-state index contributed by atoms with van der Waals surface area (Å²) >= 11 is 0. The lowest BCUT2D eigenvalue weighted by molar-refractivity contribution is -0.143. The Morgan fingerprint density at radius 3 is 2.21 bits per heavy atom. The second kappa shape index (κ2) is 8.36. The zero-order valence-corrected chi connectivity index (χ0v) is 16.9. The van der Waals surface area contributed by atoms with E-state index in [1.807, 2.05) is 19.1 Å². The van der Waals surface area contributed by atoms with Gasteiger partial charge in [0.25, 0.3) is 0 Å². The maximum absolute atomic E-state index is 12.1. The molecule has 0 saturated carbocycles. The topological polar surface area (TPSA) is 31.2 Å². The summed E-state index contributed by atoms with van der Waals surface area (Å²) in [6, 6.07) is 27.4. The smallest absolute Gasteiger partial charge is 0.307 e. The first-order valence-corrected chi connectivity index (χ1v) is 10.1. The van der Waals surface area contributed by atoms with Crippen LogP contribution in [0.5, 0.6) is 0 Å². The van der Waals surface area contributed by atoms with Gasteiger partial charge in [0, 0.05) is 23.0 Å². The largest absolute Gasteiger partial charge is 0.466 e. The molecule has 1 heterocycles. The first-order valence-electron chi connectivity index (χ1n) is 10.1. The standard InChI is InChI=1S/C26H25NO2/c1-3-29-24(28)16-17-27-23-15-14-19(2)18-22(23)25(20-10-6-4-7-11-20)26(27)21-12-8-5-9-13-21/h4-15,18H,3,16-17H2,1-2H3. The van der Waals surface area contributed by atoms with E-state index in [0.29, 0.717) is 19.6 Å². The average molecular weight is 383 g/mol. The fourth-order valence-corrected chi connectivity index (χ4v) is 3.93. The summed E-state index contributed by atoms with van der Waals surface area (Å²) in [7, 11) is 0. The molecule has 3 nitrogen and oxygen atoms in total. The van der Waals surface area contributed by atoms with Crippen LogP contribution in [0.3, 0.4) is 0 Å². The van der Waals surface area contributed by atoms with Gasteiger partial charge in [-0.25, -0.2) is 0 Å². The summed E-state index contributed by atoms with van der Waals surface area (Å²) in [5.74, 6) is -0.165. The summed E-state index contributed by atoms with van der Waals surface area (Å²) in [5, 5.41) is 1.21. The van der Waals surface area contributed by atoms with E-state index in [0.717, 1.165) is 16.8 Å². The number of aromatic nitrogens is 1.